The van der Waals surface area contributed by atoms with Crippen LogP contribution in [0.1, 0.15) is 35.2 Å². The van der Waals surface area contributed by atoms with Crippen molar-refractivity contribution >= 4 is 27.8 Å². The predicted octanol–water partition coefficient (Wildman–Crippen LogP) is 2.33. The van der Waals surface area contributed by atoms with E-state index in [1.807, 2.05) is 11.5 Å². The van der Waals surface area contributed by atoms with E-state index in [0.29, 0.717) is 17.7 Å². The maximum Gasteiger partial charge on any atom is 0.276 e. The zero-order chi connectivity index (χ0) is 13.4. The number of hydrogen-bond acceptors (Lipinski definition) is 4. The average molecular weight is 322 g/mol. The summed E-state index contributed by atoms with van der Waals surface area (Å²) in [5.74, 6) is 1.04. The molecule has 3 rings (SSSR count). The minimum absolute atomic E-state index is 0.276. The maximum atomic E-state index is 12.1. The lowest BCUT2D eigenvalue weighted by Crippen LogP contribution is -2.17. The number of pyridine rings is 1. The van der Waals surface area contributed by atoms with Gasteiger partial charge in [-0.1, -0.05) is 0 Å². The molecule has 2 aromatic heterocycles. The molecule has 1 amide bonds. The number of carbonyl (C=O) groups is 1. The van der Waals surface area contributed by atoms with Gasteiger partial charge in [-0.3, -0.25) is 14.7 Å². The highest BCUT2D eigenvalue weighted by molar-refractivity contribution is 9.10. The SMILES string of the molecule is Cc1nnc(NC(=O)c2ccc(Br)cn2)n1C1CC1. The highest BCUT2D eigenvalue weighted by Gasteiger charge is 2.29. The normalized spacial score (nSPS) is 14.4. The zero-order valence-corrected chi connectivity index (χ0v) is 11.9. The molecule has 0 bridgehead atoms. The molecule has 1 saturated carbocycles. The highest BCUT2D eigenvalue weighted by atomic mass is 79.9. The van der Waals surface area contributed by atoms with Gasteiger partial charge in [-0.05, 0) is 47.8 Å². The van der Waals surface area contributed by atoms with Crippen molar-refractivity contribution in [1.82, 2.24) is 19.7 Å². The summed E-state index contributed by atoms with van der Waals surface area (Å²) in [5, 5.41) is 10.8. The Bertz CT molecular complexity index is 618. The van der Waals surface area contributed by atoms with E-state index in [-0.39, 0.29) is 5.91 Å². The van der Waals surface area contributed by atoms with Gasteiger partial charge in [0, 0.05) is 16.7 Å². The van der Waals surface area contributed by atoms with Crippen LogP contribution in [-0.4, -0.2) is 25.7 Å². The number of aryl methyl sites for hydroxylation is 1. The molecule has 2 heterocycles. The molecule has 1 aliphatic carbocycles. The summed E-state index contributed by atoms with van der Waals surface area (Å²) < 4.78 is 2.80. The van der Waals surface area contributed by atoms with Crippen molar-refractivity contribution in [3.63, 3.8) is 0 Å². The third kappa shape index (κ3) is 2.51. The number of nitrogens with zero attached hydrogens (tertiary/aromatic N) is 4. The van der Waals surface area contributed by atoms with Crippen molar-refractivity contribution in [3.05, 3.63) is 34.3 Å². The second-order valence-electron chi connectivity index (χ2n) is 4.49. The predicted molar refractivity (Wildman–Crippen MR) is 72.9 cm³/mol. The first-order valence-electron chi connectivity index (χ1n) is 5.99. The molecule has 0 aromatic carbocycles. The van der Waals surface area contributed by atoms with Crippen LogP contribution < -0.4 is 5.32 Å². The average Bonchev–Trinajstić information content (AvgIpc) is 3.16. The van der Waals surface area contributed by atoms with Crippen LogP contribution in [0.3, 0.4) is 0 Å². The van der Waals surface area contributed by atoms with E-state index >= 15 is 0 Å². The number of carbonyl (C=O) groups excluding carboxylic acids is 1. The smallest absolute Gasteiger partial charge is 0.276 e. The van der Waals surface area contributed by atoms with Gasteiger partial charge in [0.1, 0.15) is 11.5 Å². The van der Waals surface area contributed by atoms with Gasteiger partial charge in [-0.2, -0.15) is 0 Å². The standard InChI is InChI=1S/C12H12BrN5O/c1-7-16-17-12(18(7)9-3-4-9)15-11(19)10-5-2-8(13)6-14-10/h2,5-6,9H,3-4H2,1H3,(H,15,17,19). The summed E-state index contributed by atoms with van der Waals surface area (Å²) in [4.78, 5) is 16.1. The third-order valence-corrected chi connectivity index (χ3v) is 3.43. The Balaban J connectivity index is 1.81. The monoisotopic (exact) mass is 321 g/mol. The Labute approximate surface area is 118 Å². The van der Waals surface area contributed by atoms with Crippen molar-refractivity contribution in [2.24, 2.45) is 0 Å². The van der Waals surface area contributed by atoms with Gasteiger partial charge in [0.2, 0.25) is 5.95 Å². The molecule has 98 valence electrons. The maximum absolute atomic E-state index is 12.1. The summed E-state index contributed by atoms with van der Waals surface area (Å²) in [5.41, 5.74) is 0.353. The summed E-state index contributed by atoms with van der Waals surface area (Å²) in [6.07, 6.45) is 3.81. The molecule has 19 heavy (non-hydrogen) atoms. The van der Waals surface area contributed by atoms with Crippen LogP contribution >= 0.6 is 15.9 Å². The fourth-order valence-electron chi connectivity index (χ4n) is 1.90. The van der Waals surface area contributed by atoms with E-state index in [1.165, 1.54) is 0 Å². The molecular formula is C12H12BrN5O. The van der Waals surface area contributed by atoms with E-state index in [4.69, 9.17) is 0 Å². The van der Waals surface area contributed by atoms with Crippen LogP contribution in [0.25, 0.3) is 0 Å². The summed E-state index contributed by atoms with van der Waals surface area (Å²) >= 11 is 3.28. The van der Waals surface area contributed by atoms with E-state index in [9.17, 15) is 4.79 Å². The lowest BCUT2D eigenvalue weighted by atomic mass is 10.3. The molecule has 0 radical (unpaired) electrons. The first-order valence-corrected chi connectivity index (χ1v) is 6.79. The van der Waals surface area contributed by atoms with E-state index in [0.717, 1.165) is 23.1 Å². The number of aromatic nitrogens is 4. The Hall–Kier alpha value is -1.76. The molecule has 1 N–H and O–H groups in total. The van der Waals surface area contributed by atoms with Crippen molar-refractivity contribution in [2.45, 2.75) is 25.8 Å². The van der Waals surface area contributed by atoms with Gasteiger partial charge in [0.25, 0.3) is 5.91 Å². The third-order valence-electron chi connectivity index (χ3n) is 2.96. The van der Waals surface area contributed by atoms with Crippen LogP contribution in [0.15, 0.2) is 22.8 Å². The Morgan fingerprint density at radius 3 is 2.84 bits per heavy atom. The molecule has 0 saturated heterocycles. The lowest BCUT2D eigenvalue weighted by molar-refractivity contribution is 0.102. The molecule has 0 aliphatic heterocycles. The van der Waals surface area contributed by atoms with Gasteiger partial charge in [-0.15, -0.1) is 10.2 Å². The molecule has 0 spiro atoms. The molecule has 6 nitrogen and oxygen atoms in total. The highest BCUT2D eigenvalue weighted by Crippen LogP contribution is 2.37. The van der Waals surface area contributed by atoms with Crippen LogP contribution in [0, 0.1) is 6.92 Å². The van der Waals surface area contributed by atoms with Crippen LogP contribution in [0.4, 0.5) is 5.95 Å². The largest absolute Gasteiger partial charge is 0.294 e. The summed E-state index contributed by atoms with van der Waals surface area (Å²) in [7, 11) is 0. The summed E-state index contributed by atoms with van der Waals surface area (Å²) in [6.45, 7) is 1.89. The van der Waals surface area contributed by atoms with Gasteiger partial charge >= 0.3 is 0 Å². The fraction of sp³-hybridized carbons (Fsp3) is 0.333. The Morgan fingerprint density at radius 2 is 2.21 bits per heavy atom. The van der Waals surface area contributed by atoms with Gasteiger partial charge in [0.05, 0.1) is 0 Å². The zero-order valence-electron chi connectivity index (χ0n) is 10.3. The molecule has 1 aliphatic rings. The minimum atomic E-state index is -0.276. The van der Waals surface area contributed by atoms with Crippen LogP contribution in [0.5, 0.6) is 0 Å². The molecule has 1 fully saturated rings. The van der Waals surface area contributed by atoms with Crippen LogP contribution in [0.2, 0.25) is 0 Å². The van der Waals surface area contributed by atoms with Gasteiger partial charge in [0.15, 0.2) is 0 Å². The second-order valence-corrected chi connectivity index (χ2v) is 5.40. The summed E-state index contributed by atoms with van der Waals surface area (Å²) in [6, 6.07) is 3.85. The number of hydrogen-bond donors (Lipinski definition) is 1. The van der Waals surface area contributed by atoms with Crippen molar-refractivity contribution in [3.8, 4) is 0 Å². The van der Waals surface area contributed by atoms with E-state index in [1.54, 1.807) is 18.3 Å². The molecule has 7 heteroatoms. The van der Waals surface area contributed by atoms with Crippen molar-refractivity contribution in [2.75, 3.05) is 5.32 Å². The Morgan fingerprint density at radius 1 is 1.42 bits per heavy atom. The molecule has 2 aromatic rings. The molecular weight excluding hydrogens is 310 g/mol. The van der Waals surface area contributed by atoms with Gasteiger partial charge < -0.3 is 0 Å². The number of amides is 1. The first-order chi connectivity index (χ1) is 9.15. The van der Waals surface area contributed by atoms with Crippen LogP contribution in [-0.2, 0) is 0 Å². The topological polar surface area (TPSA) is 72.7 Å². The molecule has 0 atom stereocenters. The van der Waals surface area contributed by atoms with Crippen molar-refractivity contribution in [1.29, 1.82) is 0 Å². The van der Waals surface area contributed by atoms with E-state index in [2.05, 4.69) is 36.4 Å². The van der Waals surface area contributed by atoms with Crippen molar-refractivity contribution < 1.29 is 4.79 Å². The fourth-order valence-corrected chi connectivity index (χ4v) is 2.13. The second kappa shape index (κ2) is 4.73. The first kappa shape index (κ1) is 12.3. The minimum Gasteiger partial charge on any atom is -0.294 e. The quantitative estimate of drug-likeness (QED) is 0.941. The Kier molecular flexibility index (Phi) is 3.06. The number of halogens is 1. The molecule has 0 unspecified atom stereocenters. The van der Waals surface area contributed by atoms with Gasteiger partial charge in [-0.25, -0.2) is 4.98 Å². The number of nitrogens with one attached hydrogen (secondary N) is 1. The number of rotatable bonds is 3. The number of anilines is 1. The van der Waals surface area contributed by atoms with E-state index < -0.39 is 0 Å². The lowest BCUT2D eigenvalue weighted by Gasteiger charge is -2.07.